The standard InChI is InChI=1S/C22H16N4O3/c1-14-9-10-15(12-21(14)26(28)29)24-22(27)17-13-20(19-8-4-5-11-23-19)25-18-7-3-2-6-16(17)18/h2-13H,1H3,(H,24,27). The molecule has 29 heavy (non-hydrogen) atoms. The summed E-state index contributed by atoms with van der Waals surface area (Å²) in [5, 5.41) is 14.6. The summed E-state index contributed by atoms with van der Waals surface area (Å²) < 4.78 is 0. The molecular formula is C22H16N4O3. The van der Waals surface area contributed by atoms with Gasteiger partial charge in [0.1, 0.15) is 0 Å². The first-order chi connectivity index (χ1) is 14.0. The molecule has 7 nitrogen and oxygen atoms in total. The van der Waals surface area contributed by atoms with Gasteiger partial charge in [-0.1, -0.05) is 30.3 Å². The first-order valence-electron chi connectivity index (χ1n) is 8.90. The fraction of sp³-hybridized carbons (Fsp3) is 0.0455. The molecule has 4 rings (SSSR count). The van der Waals surface area contributed by atoms with Gasteiger partial charge in [0.05, 0.1) is 27.4 Å². The molecule has 0 aliphatic heterocycles. The average molecular weight is 384 g/mol. The fourth-order valence-corrected chi connectivity index (χ4v) is 3.09. The third-order valence-corrected chi connectivity index (χ3v) is 4.55. The van der Waals surface area contributed by atoms with E-state index >= 15 is 0 Å². The summed E-state index contributed by atoms with van der Waals surface area (Å²) in [7, 11) is 0. The summed E-state index contributed by atoms with van der Waals surface area (Å²) in [5.41, 5.74) is 3.14. The van der Waals surface area contributed by atoms with E-state index in [-0.39, 0.29) is 11.6 Å². The molecule has 0 aliphatic carbocycles. The van der Waals surface area contributed by atoms with Gasteiger partial charge >= 0.3 is 0 Å². The molecule has 0 fully saturated rings. The predicted octanol–water partition coefficient (Wildman–Crippen LogP) is 4.77. The van der Waals surface area contributed by atoms with Gasteiger partial charge in [0.25, 0.3) is 11.6 Å². The van der Waals surface area contributed by atoms with Gasteiger partial charge in [0.15, 0.2) is 0 Å². The normalized spacial score (nSPS) is 10.7. The lowest BCUT2D eigenvalue weighted by Crippen LogP contribution is -2.13. The van der Waals surface area contributed by atoms with Crippen LogP contribution in [0.15, 0.2) is 72.9 Å². The second kappa shape index (κ2) is 7.47. The summed E-state index contributed by atoms with van der Waals surface area (Å²) in [5.74, 6) is -0.376. The number of aromatic nitrogens is 2. The van der Waals surface area contributed by atoms with Crippen molar-refractivity contribution in [2.45, 2.75) is 6.92 Å². The highest BCUT2D eigenvalue weighted by molar-refractivity contribution is 6.13. The van der Waals surface area contributed by atoms with Crippen LogP contribution in [-0.2, 0) is 0 Å². The number of amides is 1. The molecule has 1 N–H and O–H groups in total. The minimum Gasteiger partial charge on any atom is -0.322 e. The van der Waals surface area contributed by atoms with Crippen LogP contribution in [0.25, 0.3) is 22.3 Å². The average Bonchev–Trinajstić information content (AvgIpc) is 2.74. The SMILES string of the molecule is Cc1ccc(NC(=O)c2cc(-c3ccccn3)nc3ccccc23)cc1[N+](=O)[O-]. The second-order valence-corrected chi connectivity index (χ2v) is 6.50. The Hall–Kier alpha value is -4.13. The molecule has 0 saturated heterocycles. The van der Waals surface area contributed by atoms with Crippen LogP contribution in [0.5, 0.6) is 0 Å². The number of pyridine rings is 2. The van der Waals surface area contributed by atoms with E-state index in [0.717, 1.165) is 0 Å². The molecular weight excluding hydrogens is 368 g/mol. The Balaban J connectivity index is 1.78. The number of hydrogen-bond donors (Lipinski definition) is 1. The number of anilines is 1. The Labute approximate surface area is 166 Å². The molecule has 7 heteroatoms. The third kappa shape index (κ3) is 3.66. The number of benzene rings is 2. The molecule has 4 aromatic rings. The van der Waals surface area contributed by atoms with E-state index < -0.39 is 4.92 Å². The van der Waals surface area contributed by atoms with Crippen molar-refractivity contribution in [2.24, 2.45) is 0 Å². The van der Waals surface area contributed by atoms with Crippen LogP contribution in [0, 0.1) is 17.0 Å². The maximum absolute atomic E-state index is 13.0. The highest BCUT2D eigenvalue weighted by atomic mass is 16.6. The van der Waals surface area contributed by atoms with E-state index in [1.54, 1.807) is 31.3 Å². The van der Waals surface area contributed by atoms with Gasteiger partial charge in [0, 0.05) is 28.9 Å². The van der Waals surface area contributed by atoms with Gasteiger partial charge in [-0.25, -0.2) is 4.98 Å². The largest absolute Gasteiger partial charge is 0.322 e. The smallest absolute Gasteiger partial charge is 0.274 e. The van der Waals surface area contributed by atoms with Crippen molar-refractivity contribution in [3.05, 3.63) is 94.2 Å². The zero-order valence-electron chi connectivity index (χ0n) is 15.5. The monoisotopic (exact) mass is 384 g/mol. The summed E-state index contributed by atoms with van der Waals surface area (Å²) in [6.45, 7) is 1.65. The van der Waals surface area contributed by atoms with Crippen molar-refractivity contribution in [3.8, 4) is 11.4 Å². The van der Waals surface area contributed by atoms with E-state index in [1.165, 1.54) is 6.07 Å². The van der Waals surface area contributed by atoms with Gasteiger partial charge in [-0.05, 0) is 37.3 Å². The third-order valence-electron chi connectivity index (χ3n) is 4.55. The van der Waals surface area contributed by atoms with Crippen molar-refractivity contribution < 1.29 is 9.72 Å². The van der Waals surface area contributed by atoms with Crippen molar-refractivity contribution in [3.63, 3.8) is 0 Å². The van der Waals surface area contributed by atoms with Crippen LogP contribution in [0.4, 0.5) is 11.4 Å². The van der Waals surface area contributed by atoms with Crippen LogP contribution in [0.2, 0.25) is 0 Å². The first-order valence-corrected chi connectivity index (χ1v) is 8.90. The molecule has 0 radical (unpaired) electrons. The van der Waals surface area contributed by atoms with Crippen molar-refractivity contribution >= 4 is 28.2 Å². The van der Waals surface area contributed by atoms with Crippen molar-refractivity contribution in [1.82, 2.24) is 9.97 Å². The van der Waals surface area contributed by atoms with Crippen LogP contribution in [-0.4, -0.2) is 20.8 Å². The number of para-hydroxylation sites is 1. The van der Waals surface area contributed by atoms with E-state index in [4.69, 9.17) is 0 Å². The fourth-order valence-electron chi connectivity index (χ4n) is 3.09. The zero-order chi connectivity index (χ0) is 20.4. The molecule has 2 heterocycles. The van der Waals surface area contributed by atoms with Crippen LogP contribution < -0.4 is 5.32 Å². The highest BCUT2D eigenvalue weighted by Gasteiger charge is 2.17. The molecule has 0 bridgehead atoms. The Morgan fingerprint density at radius 1 is 1.00 bits per heavy atom. The summed E-state index contributed by atoms with van der Waals surface area (Å²) >= 11 is 0. The lowest BCUT2D eigenvalue weighted by molar-refractivity contribution is -0.385. The summed E-state index contributed by atoms with van der Waals surface area (Å²) in [6.07, 6.45) is 1.66. The molecule has 1 amide bonds. The quantitative estimate of drug-likeness (QED) is 0.404. The van der Waals surface area contributed by atoms with E-state index in [0.29, 0.717) is 39.1 Å². The van der Waals surface area contributed by atoms with Crippen molar-refractivity contribution in [2.75, 3.05) is 5.32 Å². The highest BCUT2D eigenvalue weighted by Crippen LogP contribution is 2.26. The predicted molar refractivity (Wildman–Crippen MR) is 111 cm³/mol. The molecule has 2 aromatic heterocycles. The number of rotatable bonds is 4. The maximum Gasteiger partial charge on any atom is 0.274 e. The van der Waals surface area contributed by atoms with Gasteiger partial charge in [-0.2, -0.15) is 0 Å². The maximum atomic E-state index is 13.0. The van der Waals surface area contributed by atoms with Gasteiger partial charge in [0.2, 0.25) is 0 Å². The minimum atomic E-state index is -0.466. The van der Waals surface area contributed by atoms with Gasteiger partial charge in [-0.15, -0.1) is 0 Å². The van der Waals surface area contributed by atoms with Crippen LogP contribution in [0.1, 0.15) is 15.9 Å². The molecule has 0 saturated carbocycles. The van der Waals surface area contributed by atoms with Crippen molar-refractivity contribution in [1.29, 1.82) is 0 Å². The Kier molecular flexibility index (Phi) is 4.70. The summed E-state index contributed by atoms with van der Waals surface area (Å²) in [4.78, 5) is 32.7. The molecule has 142 valence electrons. The summed E-state index contributed by atoms with van der Waals surface area (Å²) in [6, 6.07) is 19.1. The molecule has 0 unspecified atom stereocenters. The van der Waals surface area contributed by atoms with E-state index in [1.807, 2.05) is 42.5 Å². The van der Waals surface area contributed by atoms with Gasteiger partial charge in [-0.3, -0.25) is 19.9 Å². The molecule has 0 atom stereocenters. The number of nitro benzene ring substituents is 1. The minimum absolute atomic E-state index is 0.0449. The molecule has 0 spiro atoms. The Bertz CT molecular complexity index is 1240. The van der Waals surface area contributed by atoms with E-state index in [2.05, 4.69) is 15.3 Å². The lowest BCUT2D eigenvalue weighted by Gasteiger charge is -2.11. The Morgan fingerprint density at radius 3 is 2.55 bits per heavy atom. The number of nitro groups is 1. The molecule has 0 aliphatic rings. The number of nitrogens with zero attached hydrogens (tertiary/aromatic N) is 3. The van der Waals surface area contributed by atoms with E-state index in [9.17, 15) is 14.9 Å². The zero-order valence-corrected chi connectivity index (χ0v) is 15.5. The first kappa shape index (κ1) is 18.2. The number of carbonyl (C=O) groups excluding carboxylic acids is 1. The lowest BCUT2D eigenvalue weighted by atomic mass is 10.1. The second-order valence-electron chi connectivity index (χ2n) is 6.50. The topological polar surface area (TPSA) is 98.0 Å². The number of carbonyl (C=O) groups is 1. The Morgan fingerprint density at radius 2 is 1.79 bits per heavy atom. The van der Waals surface area contributed by atoms with Crippen LogP contribution in [0.3, 0.4) is 0 Å². The van der Waals surface area contributed by atoms with Gasteiger partial charge < -0.3 is 5.32 Å². The number of nitrogens with one attached hydrogen (secondary N) is 1. The molecule has 2 aromatic carbocycles. The number of aryl methyl sites for hydroxylation is 1. The number of fused-ring (bicyclic) bond motifs is 1. The number of hydrogen-bond acceptors (Lipinski definition) is 5. The van der Waals surface area contributed by atoms with Crippen LogP contribution >= 0.6 is 0 Å².